The first-order chi connectivity index (χ1) is 17.9. The van der Waals surface area contributed by atoms with Crippen molar-refractivity contribution in [3.8, 4) is 0 Å². The molecule has 0 bridgehead atoms. The number of anilines is 2. The van der Waals surface area contributed by atoms with Crippen molar-refractivity contribution in [2.24, 2.45) is 5.92 Å². The number of likely N-dealkylation sites (tertiary alicyclic amines) is 1. The van der Waals surface area contributed by atoms with Gasteiger partial charge in [0.05, 0.1) is 16.8 Å². The number of piperidine rings is 1. The molecule has 1 amide bonds. The number of carbonyl (C=O) groups excluding carboxylic acids is 1. The molecule has 1 aromatic heterocycles. The molecule has 2 unspecified atom stereocenters. The first-order valence-corrected chi connectivity index (χ1v) is 12.6. The molecule has 4 rings (SSSR count). The van der Waals surface area contributed by atoms with Crippen LogP contribution < -0.4 is 10.2 Å². The molecule has 3 heterocycles. The molecule has 0 radical (unpaired) electrons. The quantitative estimate of drug-likeness (QED) is 0.521. The van der Waals surface area contributed by atoms with Gasteiger partial charge in [-0.3, -0.25) is 14.7 Å². The lowest BCUT2D eigenvalue weighted by Crippen LogP contribution is -2.51. The molecule has 1 N–H and O–H groups in total. The number of hydrogen-bond donors (Lipinski definition) is 1. The van der Waals surface area contributed by atoms with Crippen molar-refractivity contribution in [2.45, 2.75) is 38.2 Å². The Balaban J connectivity index is 1.25. The lowest BCUT2D eigenvalue weighted by atomic mass is 10.0. The largest absolute Gasteiger partial charge is 0.417 e. The zero-order valence-corrected chi connectivity index (χ0v) is 21.0. The van der Waals surface area contributed by atoms with E-state index in [-0.39, 0.29) is 23.6 Å². The molecule has 2 atom stereocenters. The first kappa shape index (κ1) is 28.0. The van der Waals surface area contributed by atoms with Gasteiger partial charge in [-0.05, 0) is 43.2 Å². The van der Waals surface area contributed by atoms with Crippen molar-refractivity contribution in [1.82, 2.24) is 14.8 Å². The van der Waals surface area contributed by atoms with Crippen LogP contribution in [0.4, 0.5) is 37.7 Å². The van der Waals surface area contributed by atoms with Gasteiger partial charge in [0.15, 0.2) is 0 Å². The third-order valence-electron chi connectivity index (χ3n) is 7.06. The molecule has 38 heavy (non-hydrogen) atoms. The van der Waals surface area contributed by atoms with Gasteiger partial charge in [0.1, 0.15) is 0 Å². The summed E-state index contributed by atoms with van der Waals surface area (Å²) in [7, 11) is 0. The molecule has 2 aliphatic heterocycles. The van der Waals surface area contributed by atoms with Gasteiger partial charge in [0, 0.05) is 75.9 Å². The van der Waals surface area contributed by atoms with Crippen LogP contribution in [0.1, 0.15) is 30.9 Å². The number of amides is 1. The molecule has 2 aromatic rings. The third kappa shape index (κ3) is 7.09. The van der Waals surface area contributed by atoms with Crippen molar-refractivity contribution in [1.29, 1.82) is 0 Å². The van der Waals surface area contributed by atoms with E-state index in [0.29, 0.717) is 45.8 Å². The Labute approximate surface area is 217 Å². The summed E-state index contributed by atoms with van der Waals surface area (Å²) in [5.74, 6) is -0.259. The van der Waals surface area contributed by atoms with E-state index < -0.39 is 23.5 Å². The minimum absolute atomic E-state index is 0.00355. The van der Waals surface area contributed by atoms with E-state index in [4.69, 9.17) is 0 Å². The van der Waals surface area contributed by atoms with Gasteiger partial charge >= 0.3 is 12.4 Å². The second-order valence-electron chi connectivity index (χ2n) is 9.96. The van der Waals surface area contributed by atoms with Crippen LogP contribution >= 0.6 is 0 Å². The highest BCUT2D eigenvalue weighted by molar-refractivity contribution is 5.79. The van der Waals surface area contributed by atoms with Gasteiger partial charge < -0.3 is 15.1 Å². The number of halogens is 6. The molecular weight excluding hydrogens is 512 g/mol. The fraction of sp³-hybridized carbons (Fsp3) is 0.538. The average Bonchev–Trinajstić information content (AvgIpc) is 2.88. The Morgan fingerprint density at radius 3 is 2.26 bits per heavy atom. The van der Waals surface area contributed by atoms with Gasteiger partial charge in [-0.15, -0.1) is 0 Å². The van der Waals surface area contributed by atoms with E-state index in [9.17, 15) is 31.1 Å². The summed E-state index contributed by atoms with van der Waals surface area (Å²) in [4.78, 5) is 22.8. The predicted octanol–water partition coefficient (Wildman–Crippen LogP) is 4.98. The molecule has 0 spiro atoms. The maximum atomic E-state index is 13.2. The van der Waals surface area contributed by atoms with Crippen LogP contribution in [0, 0.1) is 5.92 Å². The highest BCUT2D eigenvalue weighted by Crippen LogP contribution is 2.32. The van der Waals surface area contributed by atoms with Crippen LogP contribution in [0.2, 0.25) is 0 Å². The predicted molar refractivity (Wildman–Crippen MR) is 132 cm³/mol. The first-order valence-electron chi connectivity index (χ1n) is 12.6. The van der Waals surface area contributed by atoms with Gasteiger partial charge in [0.2, 0.25) is 5.91 Å². The van der Waals surface area contributed by atoms with Crippen molar-refractivity contribution < 1.29 is 31.1 Å². The fourth-order valence-electron chi connectivity index (χ4n) is 5.03. The number of benzene rings is 1. The van der Waals surface area contributed by atoms with E-state index >= 15 is 0 Å². The van der Waals surface area contributed by atoms with Crippen LogP contribution in [0.3, 0.4) is 0 Å². The topological polar surface area (TPSA) is 51.7 Å². The van der Waals surface area contributed by atoms with Gasteiger partial charge in [-0.2, -0.15) is 26.3 Å². The molecule has 2 fully saturated rings. The van der Waals surface area contributed by atoms with Gasteiger partial charge in [-0.1, -0.05) is 6.92 Å². The number of nitrogens with zero attached hydrogens (tertiary/aromatic N) is 4. The summed E-state index contributed by atoms with van der Waals surface area (Å²) < 4.78 is 77.4. The normalized spacial score (nSPS) is 20.3. The van der Waals surface area contributed by atoms with E-state index in [1.807, 2.05) is 11.8 Å². The number of piperazine rings is 1. The Kier molecular flexibility index (Phi) is 8.39. The number of nitrogens with one attached hydrogen (secondary N) is 1. The van der Waals surface area contributed by atoms with Gasteiger partial charge in [-0.25, -0.2) is 0 Å². The summed E-state index contributed by atoms with van der Waals surface area (Å²) in [5, 5.41) is 3.10. The van der Waals surface area contributed by atoms with Gasteiger partial charge in [0.25, 0.3) is 0 Å². The lowest BCUT2D eigenvalue weighted by Gasteiger charge is -2.39. The maximum absolute atomic E-state index is 13.2. The summed E-state index contributed by atoms with van der Waals surface area (Å²) in [6.45, 7) is 6.10. The zero-order chi connectivity index (χ0) is 27.5. The Bertz CT molecular complexity index is 1080. The average molecular weight is 544 g/mol. The van der Waals surface area contributed by atoms with E-state index in [2.05, 4.69) is 15.2 Å². The van der Waals surface area contributed by atoms with Crippen LogP contribution in [-0.2, 0) is 17.1 Å². The fourth-order valence-corrected chi connectivity index (χ4v) is 5.03. The third-order valence-corrected chi connectivity index (χ3v) is 7.06. The Hall–Kier alpha value is -3.02. The molecule has 2 aliphatic rings. The summed E-state index contributed by atoms with van der Waals surface area (Å²) >= 11 is 0. The molecule has 0 aliphatic carbocycles. The molecule has 1 aromatic carbocycles. The lowest BCUT2D eigenvalue weighted by molar-refractivity contribution is -0.138. The number of alkyl halides is 6. The second kappa shape index (κ2) is 11.4. The minimum atomic E-state index is -4.47. The van der Waals surface area contributed by atoms with Crippen molar-refractivity contribution in [3.05, 3.63) is 53.9 Å². The smallest absolute Gasteiger partial charge is 0.379 e. The van der Waals surface area contributed by atoms with E-state index in [0.717, 1.165) is 42.9 Å². The zero-order valence-electron chi connectivity index (χ0n) is 21.0. The molecule has 208 valence electrons. The Morgan fingerprint density at radius 1 is 0.974 bits per heavy atom. The number of pyridine rings is 1. The van der Waals surface area contributed by atoms with Crippen LogP contribution in [0.15, 0.2) is 42.7 Å². The molecule has 6 nitrogen and oxygen atoms in total. The summed E-state index contributed by atoms with van der Waals surface area (Å²) in [5.41, 5.74) is -0.477. The minimum Gasteiger partial charge on any atom is -0.379 e. The van der Waals surface area contributed by atoms with Crippen molar-refractivity contribution in [3.63, 3.8) is 0 Å². The van der Waals surface area contributed by atoms with Crippen LogP contribution in [0.5, 0.6) is 0 Å². The molecule has 12 heteroatoms. The standard InChI is InChI=1S/C26H31F6N5O/c1-18(16-35-9-11-36(12-10-35)23-6-4-19(5-7-23)25(27,28)29)24(38)37-8-2-3-21(17-37)34-22-13-20(14-33-15-22)26(30,31)32/h4-7,13-15,18,21,34H,2-3,8-12,16-17H2,1H3. The number of hydrogen-bond acceptors (Lipinski definition) is 5. The number of aromatic nitrogens is 1. The second-order valence-corrected chi connectivity index (χ2v) is 9.96. The highest BCUT2D eigenvalue weighted by Gasteiger charge is 2.33. The van der Waals surface area contributed by atoms with Crippen LogP contribution in [0.25, 0.3) is 0 Å². The summed E-state index contributed by atoms with van der Waals surface area (Å²) in [6.07, 6.45) is -5.22. The monoisotopic (exact) mass is 543 g/mol. The Morgan fingerprint density at radius 2 is 1.63 bits per heavy atom. The molecule has 2 saturated heterocycles. The SMILES string of the molecule is CC(CN1CCN(c2ccc(C(F)(F)F)cc2)CC1)C(=O)N1CCCC(Nc2cncc(C(F)(F)F)c2)C1. The number of rotatable bonds is 6. The maximum Gasteiger partial charge on any atom is 0.417 e. The highest BCUT2D eigenvalue weighted by atomic mass is 19.4. The van der Waals surface area contributed by atoms with Crippen LogP contribution in [-0.4, -0.2) is 72.5 Å². The molecular formula is C26H31F6N5O. The van der Waals surface area contributed by atoms with E-state index in [1.54, 1.807) is 4.90 Å². The molecule has 0 saturated carbocycles. The summed E-state index contributed by atoms with van der Waals surface area (Å²) in [6, 6.07) is 6.01. The van der Waals surface area contributed by atoms with Crippen molar-refractivity contribution in [2.75, 3.05) is 56.0 Å². The number of carbonyl (C=O) groups is 1. The van der Waals surface area contributed by atoms with E-state index in [1.165, 1.54) is 18.3 Å². The van der Waals surface area contributed by atoms with Crippen molar-refractivity contribution >= 4 is 17.3 Å².